The summed E-state index contributed by atoms with van der Waals surface area (Å²) in [5.74, 6) is 1.33. The molecular formula is C25H29N5O3S. The third-order valence-corrected chi connectivity index (χ3v) is 7.65. The van der Waals surface area contributed by atoms with Crippen molar-refractivity contribution < 1.29 is 14.6 Å². The van der Waals surface area contributed by atoms with Gasteiger partial charge in [0.15, 0.2) is 5.82 Å². The molecule has 178 valence electrons. The van der Waals surface area contributed by atoms with E-state index in [0.29, 0.717) is 18.2 Å². The van der Waals surface area contributed by atoms with Crippen molar-refractivity contribution in [1.29, 1.82) is 0 Å². The van der Waals surface area contributed by atoms with E-state index in [0.717, 1.165) is 57.5 Å². The number of aliphatic hydroxyl groups is 1. The maximum atomic E-state index is 12.5. The number of likely N-dealkylation sites (tertiary alicyclic amines) is 1. The summed E-state index contributed by atoms with van der Waals surface area (Å²) in [6, 6.07) is 10.1. The Labute approximate surface area is 202 Å². The molecule has 4 aromatic rings. The number of para-hydroxylation sites is 1. The van der Waals surface area contributed by atoms with E-state index in [1.54, 1.807) is 11.3 Å². The van der Waals surface area contributed by atoms with Crippen LogP contribution in [0.4, 0.5) is 5.82 Å². The Kier molecular flexibility index (Phi) is 6.24. The van der Waals surface area contributed by atoms with Gasteiger partial charge in [0.05, 0.1) is 22.4 Å². The first kappa shape index (κ1) is 22.8. The molecule has 0 spiro atoms. The van der Waals surface area contributed by atoms with Crippen LogP contribution in [0.15, 0.2) is 36.5 Å². The number of rotatable bonds is 8. The minimum absolute atomic E-state index is 0.000632. The highest BCUT2D eigenvalue weighted by Crippen LogP contribution is 2.39. The molecule has 0 radical (unpaired) electrons. The van der Waals surface area contributed by atoms with Gasteiger partial charge in [0.2, 0.25) is 5.91 Å². The van der Waals surface area contributed by atoms with Crippen molar-refractivity contribution in [1.82, 2.24) is 19.9 Å². The highest BCUT2D eigenvalue weighted by molar-refractivity contribution is 7.19. The lowest BCUT2D eigenvalue weighted by Gasteiger charge is -2.25. The number of carbonyl (C=O) groups excluding carboxylic acids is 1. The third-order valence-electron chi connectivity index (χ3n) is 6.21. The predicted octanol–water partition coefficient (Wildman–Crippen LogP) is 4.12. The van der Waals surface area contributed by atoms with Gasteiger partial charge in [-0.15, -0.1) is 11.3 Å². The second-order valence-electron chi connectivity index (χ2n) is 9.01. The molecule has 0 bridgehead atoms. The van der Waals surface area contributed by atoms with Crippen LogP contribution in [0.25, 0.3) is 32.5 Å². The van der Waals surface area contributed by atoms with Crippen molar-refractivity contribution >= 4 is 44.2 Å². The molecule has 34 heavy (non-hydrogen) atoms. The standard InChI is InChI=1S/C25H29N5O3S/c1-25(2,33-15-21(32)30-10-5-6-11-30)20-13-19-22(34-20)24(26-9-12-31)29-23(28-19)17-14-27-18-8-4-3-7-16(17)18/h3-4,7-8,13-14,27,31H,5-6,9-12,15H2,1-2H3,(H,26,28,29). The van der Waals surface area contributed by atoms with Crippen LogP contribution in [0.3, 0.4) is 0 Å². The molecule has 0 saturated carbocycles. The van der Waals surface area contributed by atoms with E-state index in [9.17, 15) is 9.90 Å². The molecule has 0 atom stereocenters. The van der Waals surface area contributed by atoms with Crippen LogP contribution >= 0.6 is 11.3 Å². The summed E-state index contributed by atoms with van der Waals surface area (Å²) in [4.78, 5) is 28.3. The minimum atomic E-state index is -0.657. The lowest BCUT2D eigenvalue weighted by Crippen LogP contribution is -2.34. The van der Waals surface area contributed by atoms with Gasteiger partial charge < -0.3 is 25.0 Å². The van der Waals surface area contributed by atoms with Crippen LogP contribution < -0.4 is 5.32 Å². The smallest absolute Gasteiger partial charge is 0.248 e. The fourth-order valence-electron chi connectivity index (χ4n) is 4.27. The molecule has 5 rings (SSSR count). The second-order valence-corrected chi connectivity index (χ2v) is 10.1. The number of aromatic amines is 1. The Hall–Kier alpha value is -3.01. The topological polar surface area (TPSA) is 103 Å². The van der Waals surface area contributed by atoms with Crippen LogP contribution in [0, 0.1) is 0 Å². The van der Waals surface area contributed by atoms with E-state index in [4.69, 9.17) is 14.7 Å². The zero-order valence-electron chi connectivity index (χ0n) is 19.4. The number of thiophene rings is 1. The molecular weight excluding hydrogens is 450 g/mol. The number of anilines is 1. The normalized spacial score (nSPS) is 14.4. The van der Waals surface area contributed by atoms with Crippen LogP contribution in [-0.2, 0) is 15.1 Å². The van der Waals surface area contributed by atoms with Crippen molar-refractivity contribution in [2.75, 3.05) is 38.2 Å². The van der Waals surface area contributed by atoms with E-state index < -0.39 is 5.60 Å². The fourth-order valence-corrected chi connectivity index (χ4v) is 5.39. The molecule has 3 aromatic heterocycles. The van der Waals surface area contributed by atoms with Crippen molar-refractivity contribution in [2.45, 2.75) is 32.3 Å². The average Bonchev–Trinajstić information content (AvgIpc) is 3.60. The number of ether oxygens (including phenoxy) is 1. The summed E-state index contributed by atoms with van der Waals surface area (Å²) >= 11 is 1.55. The molecule has 1 fully saturated rings. The molecule has 1 aromatic carbocycles. The van der Waals surface area contributed by atoms with Crippen molar-refractivity contribution in [3.05, 3.63) is 41.4 Å². The van der Waals surface area contributed by atoms with Gasteiger partial charge in [0.1, 0.15) is 12.4 Å². The molecule has 0 unspecified atom stereocenters. The van der Waals surface area contributed by atoms with E-state index in [1.807, 2.05) is 55.3 Å². The summed E-state index contributed by atoms with van der Waals surface area (Å²) in [6.07, 6.45) is 4.05. The maximum absolute atomic E-state index is 12.5. The molecule has 3 N–H and O–H groups in total. The molecule has 0 aliphatic carbocycles. The zero-order valence-corrected chi connectivity index (χ0v) is 20.2. The first-order valence-corrected chi connectivity index (χ1v) is 12.4. The summed E-state index contributed by atoms with van der Waals surface area (Å²) < 4.78 is 7.00. The van der Waals surface area contributed by atoms with Gasteiger partial charge >= 0.3 is 0 Å². The van der Waals surface area contributed by atoms with Gasteiger partial charge in [0, 0.05) is 47.2 Å². The van der Waals surface area contributed by atoms with Crippen molar-refractivity contribution in [3.63, 3.8) is 0 Å². The Morgan fingerprint density at radius 1 is 1.26 bits per heavy atom. The number of hydrogen-bond acceptors (Lipinski definition) is 7. The molecule has 9 heteroatoms. The third kappa shape index (κ3) is 4.38. The van der Waals surface area contributed by atoms with E-state index in [-0.39, 0.29) is 19.1 Å². The van der Waals surface area contributed by atoms with Gasteiger partial charge in [0.25, 0.3) is 0 Å². The van der Waals surface area contributed by atoms with E-state index in [2.05, 4.69) is 10.3 Å². The van der Waals surface area contributed by atoms with E-state index in [1.165, 1.54) is 0 Å². The summed E-state index contributed by atoms with van der Waals surface area (Å²) in [7, 11) is 0. The number of hydrogen-bond donors (Lipinski definition) is 3. The Morgan fingerprint density at radius 2 is 2.06 bits per heavy atom. The molecule has 1 saturated heterocycles. The average molecular weight is 480 g/mol. The number of nitrogens with one attached hydrogen (secondary N) is 2. The Bertz CT molecular complexity index is 1320. The number of H-pyrrole nitrogens is 1. The second kappa shape index (κ2) is 9.32. The first-order chi connectivity index (χ1) is 16.5. The monoisotopic (exact) mass is 479 g/mol. The maximum Gasteiger partial charge on any atom is 0.248 e. The summed E-state index contributed by atoms with van der Waals surface area (Å²) in [5, 5.41) is 13.7. The summed E-state index contributed by atoms with van der Waals surface area (Å²) in [5.41, 5.74) is 2.09. The Morgan fingerprint density at radius 3 is 2.85 bits per heavy atom. The zero-order chi connectivity index (χ0) is 23.7. The van der Waals surface area contributed by atoms with Crippen LogP contribution in [0.2, 0.25) is 0 Å². The SMILES string of the molecule is CC(C)(OCC(=O)N1CCCC1)c1cc2nc(-c3c[nH]c4ccccc34)nc(NCCO)c2s1. The number of benzene rings is 1. The van der Waals surface area contributed by atoms with Crippen LogP contribution in [0.5, 0.6) is 0 Å². The molecule has 1 aliphatic rings. The quantitative estimate of drug-likeness (QED) is 0.351. The number of fused-ring (bicyclic) bond motifs is 2. The predicted molar refractivity (Wildman–Crippen MR) is 135 cm³/mol. The highest BCUT2D eigenvalue weighted by atomic mass is 32.1. The number of aromatic nitrogens is 3. The lowest BCUT2D eigenvalue weighted by molar-refractivity contribution is -0.141. The molecule has 8 nitrogen and oxygen atoms in total. The van der Waals surface area contributed by atoms with Crippen molar-refractivity contribution in [2.24, 2.45) is 0 Å². The lowest BCUT2D eigenvalue weighted by atomic mass is 10.1. The minimum Gasteiger partial charge on any atom is -0.395 e. The van der Waals surface area contributed by atoms with Gasteiger partial charge in [-0.1, -0.05) is 18.2 Å². The largest absolute Gasteiger partial charge is 0.395 e. The first-order valence-electron chi connectivity index (χ1n) is 11.6. The highest BCUT2D eigenvalue weighted by Gasteiger charge is 2.28. The number of amides is 1. The number of carbonyl (C=O) groups is 1. The molecule has 1 amide bonds. The van der Waals surface area contributed by atoms with Crippen LogP contribution in [-0.4, -0.2) is 63.7 Å². The molecule has 4 heterocycles. The Balaban J connectivity index is 1.48. The van der Waals surface area contributed by atoms with E-state index >= 15 is 0 Å². The fraction of sp³-hybridized carbons (Fsp3) is 0.400. The number of aliphatic hydroxyl groups excluding tert-OH is 1. The van der Waals surface area contributed by atoms with Gasteiger partial charge in [-0.2, -0.15) is 0 Å². The van der Waals surface area contributed by atoms with Crippen LogP contribution in [0.1, 0.15) is 31.6 Å². The summed E-state index contributed by atoms with van der Waals surface area (Å²) in [6.45, 7) is 6.03. The van der Waals surface area contributed by atoms with Gasteiger partial charge in [-0.25, -0.2) is 9.97 Å². The molecule has 1 aliphatic heterocycles. The number of nitrogens with zero attached hydrogens (tertiary/aromatic N) is 3. The van der Waals surface area contributed by atoms with Crippen molar-refractivity contribution in [3.8, 4) is 11.4 Å². The van der Waals surface area contributed by atoms with Gasteiger partial charge in [-0.05, 0) is 38.8 Å². The van der Waals surface area contributed by atoms with Gasteiger partial charge in [-0.3, -0.25) is 4.79 Å².